The number of ether oxygens (including phenoxy) is 1. The number of nitrogens with zero attached hydrogens (tertiary/aromatic N) is 3. The van der Waals surface area contributed by atoms with Gasteiger partial charge in [0.2, 0.25) is 0 Å². The molecule has 4 heteroatoms. The molecule has 5 rings (SSSR count). The SMILES string of the molecule is COc1ccccc1N1CCN(CCCn2c3ccccc3c3ccccc32)CC1. The minimum atomic E-state index is 0.970. The third-order valence-electron chi connectivity index (χ3n) is 6.33. The standard InChI is InChI=1S/C26H29N3O/c1-30-26-14-7-6-13-25(26)28-19-17-27(18-20-28)15-8-16-29-23-11-4-2-9-21(23)22-10-3-5-12-24(22)29/h2-7,9-14H,8,15-20H2,1H3. The van der Waals surface area contributed by atoms with Gasteiger partial charge in [0.05, 0.1) is 12.8 Å². The van der Waals surface area contributed by atoms with Crippen LogP contribution in [0.3, 0.4) is 0 Å². The van der Waals surface area contributed by atoms with E-state index in [1.54, 1.807) is 7.11 Å². The molecular weight excluding hydrogens is 370 g/mol. The number of aryl methyl sites for hydroxylation is 1. The molecule has 0 radical (unpaired) electrons. The Hall–Kier alpha value is -2.98. The number of para-hydroxylation sites is 4. The summed E-state index contributed by atoms with van der Waals surface area (Å²) in [6, 6.07) is 25.9. The molecule has 4 aromatic rings. The number of methoxy groups -OCH3 is 1. The predicted molar refractivity (Wildman–Crippen MR) is 126 cm³/mol. The normalized spacial score (nSPS) is 15.2. The number of hydrogen-bond acceptors (Lipinski definition) is 3. The Morgan fingerprint density at radius 3 is 1.97 bits per heavy atom. The Kier molecular flexibility index (Phi) is 5.33. The molecule has 0 saturated carbocycles. The van der Waals surface area contributed by atoms with Gasteiger partial charge in [-0.2, -0.15) is 0 Å². The summed E-state index contributed by atoms with van der Waals surface area (Å²) in [7, 11) is 1.75. The predicted octanol–water partition coefficient (Wildman–Crippen LogP) is 5.02. The molecule has 0 N–H and O–H groups in total. The second kappa shape index (κ2) is 8.41. The van der Waals surface area contributed by atoms with E-state index in [0.717, 1.165) is 51.4 Å². The molecule has 1 fully saturated rings. The summed E-state index contributed by atoms with van der Waals surface area (Å²) < 4.78 is 8.04. The zero-order chi connectivity index (χ0) is 20.3. The van der Waals surface area contributed by atoms with Crippen LogP contribution in [0, 0.1) is 0 Å². The lowest BCUT2D eigenvalue weighted by molar-refractivity contribution is 0.250. The molecular formula is C26H29N3O. The fourth-order valence-corrected chi connectivity index (χ4v) is 4.80. The average Bonchev–Trinajstić information content (AvgIpc) is 3.13. The number of benzene rings is 3. The zero-order valence-corrected chi connectivity index (χ0v) is 17.6. The lowest BCUT2D eigenvalue weighted by Crippen LogP contribution is -2.46. The van der Waals surface area contributed by atoms with Gasteiger partial charge in [0.1, 0.15) is 5.75 Å². The molecule has 2 heterocycles. The van der Waals surface area contributed by atoms with Crippen LogP contribution < -0.4 is 9.64 Å². The third-order valence-corrected chi connectivity index (χ3v) is 6.33. The van der Waals surface area contributed by atoms with E-state index in [0.29, 0.717) is 0 Å². The molecule has 0 aliphatic carbocycles. The van der Waals surface area contributed by atoms with Gasteiger partial charge in [-0.15, -0.1) is 0 Å². The number of piperazine rings is 1. The molecule has 0 atom stereocenters. The van der Waals surface area contributed by atoms with Crippen LogP contribution in [0.4, 0.5) is 5.69 Å². The molecule has 3 aromatic carbocycles. The first-order valence-corrected chi connectivity index (χ1v) is 10.9. The molecule has 0 unspecified atom stereocenters. The van der Waals surface area contributed by atoms with E-state index in [-0.39, 0.29) is 0 Å². The highest BCUT2D eigenvalue weighted by atomic mass is 16.5. The minimum absolute atomic E-state index is 0.970. The summed E-state index contributed by atoms with van der Waals surface area (Å²) in [5.74, 6) is 0.970. The second-order valence-electron chi connectivity index (χ2n) is 8.04. The lowest BCUT2D eigenvalue weighted by Gasteiger charge is -2.36. The van der Waals surface area contributed by atoms with Crippen LogP contribution in [0.2, 0.25) is 0 Å². The maximum Gasteiger partial charge on any atom is 0.142 e. The molecule has 4 nitrogen and oxygen atoms in total. The van der Waals surface area contributed by atoms with Crippen molar-refractivity contribution in [1.29, 1.82) is 0 Å². The van der Waals surface area contributed by atoms with E-state index < -0.39 is 0 Å². The van der Waals surface area contributed by atoms with Gasteiger partial charge < -0.3 is 14.2 Å². The van der Waals surface area contributed by atoms with Crippen molar-refractivity contribution in [3.05, 3.63) is 72.8 Å². The molecule has 0 amide bonds. The number of anilines is 1. The maximum absolute atomic E-state index is 5.54. The lowest BCUT2D eigenvalue weighted by atomic mass is 10.2. The molecule has 1 aliphatic rings. The second-order valence-corrected chi connectivity index (χ2v) is 8.04. The van der Waals surface area contributed by atoms with E-state index in [9.17, 15) is 0 Å². The Labute approximate surface area is 178 Å². The highest BCUT2D eigenvalue weighted by Crippen LogP contribution is 2.30. The summed E-state index contributed by atoms with van der Waals surface area (Å²) in [6.07, 6.45) is 1.16. The molecule has 154 valence electrons. The molecule has 0 bridgehead atoms. The fraction of sp³-hybridized carbons (Fsp3) is 0.308. The van der Waals surface area contributed by atoms with E-state index in [4.69, 9.17) is 4.74 Å². The summed E-state index contributed by atoms with van der Waals surface area (Å²) in [5.41, 5.74) is 3.91. The number of fused-ring (bicyclic) bond motifs is 3. The molecule has 1 saturated heterocycles. The van der Waals surface area contributed by atoms with E-state index >= 15 is 0 Å². The van der Waals surface area contributed by atoms with Gasteiger partial charge in [-0.25, -0.2) is 0 Å². The highest BCUT2D eigenvalue weighted by molar-refractivity contribution is 6.07. The monoisotopic (exact) mass is 399 g/mol. The Morgan fingerprint density at radius 2 is 1.30 bits per heavy atom. The first kappa shape index (κ1) is 19.0. The van der Waals surface area contributed by atoms with Crippen molar-refractivity contribution in [3.8, 4) is 5.75 Å². The molecule has 0 spiro atoms. The van der Waals surface area contributed by atoms with Crippen molar-refractivity contribution in [2.24, 2.45) is 0 Å². The summed E-state index contributed by atoms with van der Waals surface area (Å²) in [6.45, 7) is 6.50. The van der Waals surface area contributed by atoms with Crippen LogP contribution in [0.15, 0.2) is 72.8 Å². The maximum atomic E-state index is 5.54. The molecule has 1 aromatic heterocycles. The van der Waals surface area contributed by atoms with Crippen LogP contribution >= 0.6 is 0 Å². The van der Waals surface area contributed by atoms with Gasteiger partial charge in [-0.3, -0.25) is 4.90 Å². The summed E-state index contributed by atoms with van der Waals surface area (Å²) in [5, 5.41) is 2.72. The van der Waals surface area contributed by atoms with Gasteiger partial charge in [-0.1, -0.05) is 48.5 Å². The van der Waals surface area contributed by atoms with Crippen LogP contribution in [0.5, 0.6) is 5.75 Å². The number of aromatic nitrogens is 1. The van der Waals surface area contributed by atoms with Gasteiger partial charge in [0.25, 0.3) is 0 Å². The van der Waals surface area contributed by atoms with Crippen LogP contribution in [-0.4, -0.2) is 49.3 Å². The Balaban J connectivity index is 1.22. The third kappa shape index (κ3) is 3.52. The van der Waals surface area contributed by atoms with Gasteiger partial charge in [0.15, 0.2) is 0 Å². The van der Waals surface area contributed by atoms with Crippen molar-refractivity contribution >= 4 is 27.5 Å². The average molecular weight is 400 g/mol. The zero-order valence-electron chi connectivity index (χ0n) is 17.6. The van der Waals surface area contributed by atoms with Crippen LogP contribution in [0.1, 0.15) is 6.42 Å². The highest BCUT2D eigenvalue weighted by Gasteiger charge is 2.19. The van der Waals surface area contributed by atoms with Crippen LogP contribution in [0.25, 0.3) is 21.8 Å². The first-order chi connectivity index (χ1) is 14.8. The first-order valence-electron chi connectivity index (χ1n) is 10.9. The van der Waals surface area contributed by atoms with Gasteiger partial charge in [-0.05, 0) is 37.2 Å². The van der Waals surface area contributed by atoms with Crippen molar-refractivity contribution < 1.29 is 4.74 Å². The number of hydrogen-bond donors (Lipinski definition) is 0. The quantitative estimate of drug-likeness (QED) is 0.454. The van der Waals surface area contributed by atoms with Crippen molar-refractivity contribution in [2.75, 3.05) is 44.7 Å². The Morgan fingerprint density at radius 1 is 0.700 bits per heavy atom. The van der Waals surface area contributed by atoms with Crippen molar-refractivity contribution in [1.82, 2.24) is 9.47 Å². The molecule has 1 aliphatic heterocycles. The number of rotatable bonds is 6. The fourth-order valence-electron chi connectivity index (χ4n) is 4.80. The van der Waals surface area contributed by atoms with Crippen LogP contribution in [-0.2, 0) is 6.54 Å². The van der Waals surface area contributed by atoms with E-state index in [1.807, 2.05) is 12.1 Å². The largest absolute Gasteiger partial charge is 0.495 e. The minimum Gasteiger partial charge on any atom is -0.495 e. The van der Waals surface area contributed by atoms with E-state index in [1.165, 1.54) is 27.5 Å². The summed E-state index contributed by atoms with van der Waals surface area (Å²) >= 11 is 0. The van der Waals surface area contributed by atoms with Gasteiger partial charge in [0, 0.05) is 54.5 Å². The Bertz CT molecular complexity index is 1090. The van der Waals surface area contributed by atoms with Gasteiger partial charge >= 0.3 is 0 Å². The summed E-state index contributed by atoms with van der Waals surface area (Å²) in [4.78, 5) is 5.04. The molecule has 30 heavy (non-hydrogen) atoms. The van der Waals surface area contributed by atoms with Crippen molar-refractivity contribution in [2.45, 2.75) is 13.0 Å². The smallest absolute Gasteiger partial charge is 0.142 e. The van der Waals surface area contributed by atoms with Crippen molar-refractivity contribution in [3.63, 3.8) is 0 Å². The topological polar surface area (TPSA) is 20.6 Å². The van der Waals surface area contributed by atoms with E-state index in [2.05, 4.69) is 75.0 Å².